The Hall–Kier alpha value is -1.52. The summed E-state index contributed by atoms with van der Waals surface area (Å²) in [6, 6.07) is 2.05. The Kier molecular flexibility index (Phi) is 4.06. The number of sulfonamides is 1. The molecule has 0 atom stereocenters. The minimum absolute atomic E-state index is 0.128. The summed E-state index contributed by atoms with van der Waals surface area (Å²) in [5.74, 6) is -0.617. The van der Waals surface area contributed by atoms with Crippen molar-refractivity contribution in [1.29, 1.82) is 0 Å². The smallest absolute Gasteiger partial charge is 0.243 e. The number of nitrogens with zero attached hydrogens (tertiary/aromatic N) is 3. The molecule has 0 amide bonds. The number of hydrogen-bond donors (Lipinski definition) is 2. The third-order valence-corrected chi connectivity index (χ3v) is 4.51. The number of nitrogens with two attached hydrogens (primary N) is 1. The van der Waals surface area contributed by atoms with Gasteiger partial charge in [-0.25, -0.2) is 22.5 Å². The van der Waals surface area contributed by atoms with Gasteiger partial charge in [-0.3, -0.25) is 4.68 Å². The molecule has 108 valence electrons. The first-order chi connectivity index (χ1) is 9.29. The van der Waals surface area contributed by atoms with Gasteiger partial charge in [-0.05, 0) is 28.1 Å². The summed E-state index contributed by atoms with van der Waals surface area (Å²) >= 11 is 3.02. The van der Waals surface area contributed by atoms with Crippen molar-refractivity contribution in [1.82, 2.24) is 19.5 Å². The van der Waals surface area contributed by atoms with Gasteiger partial charge in [0.1, 0.15) is 17.0 Å². The quantitative estimate of drug-likeness (QED) is 0.781. The normalized spacial score (nSPS) is 11.8. The van der Waals surface area contributed by atoms with Crippen LogP contribution < -0.4 is 10.5 Å². The molecule has 0 aliphatic heterocycles. The number of nitrogen functional groups attached to an aromatic ring is 1. The molecular weight excluding hydrogens is 353 g/mol. The Morgan fingerprint density at radius 2 is 2.20 bits per heavy atom. The van der Waals surface area contributed by atoms with Gasteiger partial charge in [-0.2, -0.15) is 5.10 Å². The minimum atomic E-state index is -4.03. The molecule has 7 nitrogen and oxygen atoms in total. The first-order valence-electron chi connectivity index (χ1n) is 5.38. The molecule has 2 aromatic rings. The second-order valence-corrected chi connectivity index (χ2v) is 6.55. The molecule has 0 aliphatic rings. The van der Waals surface area contributed by atoms with E-state index in [0.29, 0.717) is 4.47 Å². The summed E-state index contributed by atoms with van der Waals surface area (Å²) in [4.78, 5) is 3.35. The zero-order chi connectivity index (χ0) is 14.9. The molecule has 1 aromatic carbocycles. The average molecular weight is 364 g/mol. The lowest BCUT2D eigenvalue weighted by Gasteiger charge is -2.08. The summed E-state index contributed by atoms with van der Waals surface area (Å²) in [5, 5.41) is 3.91. The first kappa shape index (κ1) is 14.9. The minimum Gasteiger partial charge on any atom is -0.398 e. The van der Waals surface area contributed by atoms with Crippen molar-refractivity contribution in [3.63, 3.8) is 0 Å². The highest BCUT2D eigenvalue weighted by Gasteiger charge is 2.21. The molecule has 0 saturated carbocycles. The van der Waals surface area contributed by atoms with Crippen LogP contribution >= 0.6 is 15.9 Å². The highest BCUT2D eigenvalue weighted by atomic mass is 79.9. The van der Waals surface area contributed by atoms with Crippen molar-refractivity contribution in [2.24, 2.45) is 7.05 Å². The molecule has 0 aliphatic carbocycles. The van der Waals surface area contributed by atoms with E-state index < -0.39 is 20.7 Å². The Labute approximate surface area is 123 Å². The summed E-state index contributed by atoms with van der Waals surface area (Å²) in [7, 11) is -2.38. The standard InChI is InChI=1S/C10H11BrFN5O2S/c1-17-5-14-10(16-17)4-15-20(18,19)9-3-8(13)6(11)2-7(9)12/h2-3,5,15H,4,13H2,1H3. The highest BCUT2D eigenvalue weighted by molar-refractivity contribution is 9.10. The number of hydrogen-bond acceptors (Lipinski definition) is 5. The predicted octanol–water partition coefficient (Wildman–Crippen LogP) is 0.777. The Morgan fingerprint density at radius 1 is 1.50 bits per heavy atom. The molecule has 20 heavy (non-hydrogen) atoms. The molecule has 0 bridgehead atoms. The molecule has 1 heterocycles. The number of aromatic nitrogens is 3. The van der Waals surface area contributed by atoms with Crippen LogP contribution in [0, 0.1) is 5.82 Å². The fourth-order valence-corrected chi connectivity index (χ4v) is 2.84. The third-order valence-electron chi connectivity index (χ3n) is 2.41. The molecule has 0 radical (unpaired) electrons. The Balaban J connectivity index is 2.24. The largest absolute Gasteiger partial charge is 0.398 e. The lowest BCUT2D eigenvalue weighted by atomic mass is 10.3. The van der Waals surface area contributed by atoms with E-state index in [-0.39, 0.29) is 18.1 Å². The Morgan fingerprint density at radius 3 is 2.80 bits per heavy atom. The van der Waals surface area contributed by atoms with Crippen molar-refractivity contribution in [2.45, 2.75) is 11.4 Å². The van der Waals surface area contributed by atoms with E-state index in [0.717, 1.165) is 12.1 Å². The molecule has 0 unspecified atom stereocenters. The number of rotatable bonds is 4. The maximum absolute atomic E-state index is 13.7. The summed E-state index contributed by atoms with van der Waals surface area (Å²) in [5.41, 5.74) is 5.69. The summed E-state index contributed by atoms with van der Waals surface area (Å²) in [6.45, 7) is -0.140. The first-order valence-corrected chi connectivity index (χ1v) is 7.66. The molecule has 0 fully saturated rings. The van der Waals surface area contributed by atoms with E-state index in [1.807, 2.05) is 0 Å². The lowest BCUT2D eigenvalue weighted by molar-refractivity contribution is 0.555. The van der Waals surface area contributed by atoms with Gasteiger partial charge >= 0.3 is 0 Å². The molecule has 10 heteroatoms. The van der Waals surface area contributed by atoms with Gasteiger partial charge in [-0.15, -0.1) is 0 Å². The zero-order valence-electron chi connectivity index (χ0n) is 10.3. The van der Waals surface area contributed by atoms with Gasteiger partial charge in [0.2, 0.25) is 10.0 Å². The van der Waals surface area contributed by atoms with Crippen LogP contribution in [0.25, 0.3) is 0 Å². The number of halogens is 2. The summed E-state index contributed by atoms with van der Waals surface area (Å²) in [6.07, 6.45) is 1.43. The molecule has 1 aromatic heterocycles. The van der Waals surface area contributed by atoms with E-state index in [2.05, 4.69) is 30.7 Å². The van der Waals surface area contributed by atoms with Crippen LogP contribution in [0.1, 0.15) is 5.82 Å². The summed E-state index contributed by atoms with van der Waals surface area (Å²) < 4.78 is 41.7. The topological polar surface area (TPSA) is 103 Å². The van der Waals surface area contributed by atoms with E-state index in [1.54, 1.807) is 7.05 Å². The van der Waals surface area contributed by atoms with Gasteiger partial charge in [0.15, 0.2) is 5.82 Å². The van der Waals surface area contributed by atoms with Crippen LogP contribution in [-0.2, 0) is 23.6 Å². The lowest BCUT2D eigenvalue weighted by Crippen LogP contribution is -2.25. The second kappa shape index (κ2) is 5.46. The van der Waals surface area contributed by atoms with Gasteiger partial charge in [0.05, 0.1) is 6.54 Å². The molecule has 0 saturated heterocycles. The molecule has 2 rings (SSSR count). The van der Waals surface area contributed by atoms with Crippen LogP contribution in [0.5, 0.6) is 0 Å². The van der Waals surface area contributed by atoms with E-state index >= 15 is 0 Å². The Bertz CT molecular complexity index is 746. The van der Waals surface area contributed by atoms with Crippen molar-refractivity contribution < 1.29 is 12.8 Å². The number of benzene rings is 1. The second-order valence-electron chi connectivity index (χ2n) is 3.96. The molecule has 3 N–H and O–H groups in total. The third kappa shape index (κ3) is 3.14. The van der Waals surface area contributed by atoms with Gasteiger partial charge < -0.3 is 5.73 Å². The van der Waals surface area contributed by atoms with Crippen LogP contribution in [-0.4, -0.2) is 23.2 Å². The average Bonchev–Trinajstić information content (AvgIpc) is 2.77. The highest BCUT2D eigenvalue weighted by Crippen LogP contribution is 2.25. The van der Waals surface area contributed by atoms with E-state index in [9.17, 15) is 12.8 Å². The fourth-order valence-electron chi connectivity index (χ4n) is 1.45. The maximum atomic E-state index is 13.7. The number of aryl methyl sites for hydroxylation is 1. The number of anilines is 1. The SMILES string of the molecule is Cn1cnc(CNS(=O)(=O)c2cc(N)c(Br)cc2F)n1. The zero-order valence-corrected chi connectivity index (χ0v) is 12.7. The fraction of sp³-hybridized carbons (Fsp3) is 0.200. The van der Waals surface area contributed by atoms with Crippen LogP contribution in [0.3, 0.4) is 0 Å². The van der Waals surface area contributed by atoms with Crippen LogP contribution in [0.15, 0.2) is 27.8 Å². The van der Waals surface area contributed by atoms with Crippen LogP contribution in [0.2, 0.25) is 0 Å². The monoisotopic (exact) mass is 363 g/mol. The van der Waals surface area contributed by atoms with Crippen LogP contribution in [0.4, 0.5) is 10.1 Å². The van der Waals surface area contributed by atoms with E-state index in [1.165, 1.54) is 11.0 Å². The molecular formula is C10H11BrFN5O2S. The van der Waals surface area contributed by atoms with Crippen molar-refractivity contribution in [3.8, 4) is 0 Å². The van der Waals surface area contributed by atoms with Crippen molar-refractivity contribution in [2.75, 3.05) is 5.73 Å². The van der Waals surface area contributed by atoms with Gasteiger partial charge in [-0.1, -0.05) is 0 Å². The van der Waals surface area contributed by atoms with Gasteiger partial charge in [0, 0.05) is 17.2 Å². The van der Waals surface area contributed by atoms with Crippen molar-refractivity contribution in [3.05, 3.63) is 34.6 Å². The predicted molar refractivity (Wildman–Crippen MR) is 73.5 cm³/mol. The maximum Gasteiger partial charge on any atom is 0.243 e. The molecule has 0 spiro atoms. The number of nitrogens with one attached hydrogen (secondary N) is 1. The van der Waals surface area contributed by atoms with E-state index in [4.69, 9.17) is 5.73 Å². The van der Waals surface area contributed by atoms with Crippen molar-refractivity contribution >= 4 is 31.6 Å². The van der Waals surface area contributed by atoms with Gasteiger partial charge in [0.25, 0.3) is 0 Å².